The fraction of sp³-hybridized carbons (Fsp3) is 0.100. The van der Waals surface area contributed by atoms with Crippen LogP contribution in [-0.4, -0.2) is 9.52 Å². The molecule has 0 saturated heterocycles. The van der Waals surface area contributed by atoms with Gasteiger partial charge in [0.25, 0.3) is 0 Å². The summed E-state index contributed by atoms with van der Waals surface area (Å²) in [5.41, 5.74) is 8.24. The summed E-state index contributed by atoms with van der Waals surface area (Å²) in [7, 11) is 0.795. The average molecular weight is 575 g/mol. The van der Waals surface area contributed by atoms with Gasteiger partial charge < -0.3 is 24.8 Å². The normalized spacial score (nSPS) is 10.5. The molecule has 34 heavy (non-hydrogen) atoms. The van der Waals surface area contributed by atoms with E-state index < -0.39 is 0 Å². The molecule has 0 spiro atoms. The number of fused-ring (bicyclic) bond motifs is 4. The van der Waals surface area contributed by atoms with Crippen molar-refractivity contribution >= 4 is 30.7 Å². The van der Waals surface area contributed by atoms with E-state index in [0.717, 1.165) is 15.9 Å². The average Bonchev–Trinajstić information content (AvgIpc) is 3.41. The van der Waals surface area contributed by atoms with Gasteiger partial charge in [-0.25, -0.2) is 0 Å². The third-order valence-electron chi connectivity index (χ3n) is 5.96. The largest absolute Gasteiger partial charge is 4.00 e. The zero-order valence-corrected chi connectivity index (χ0v) is 24.2. The summed E-state index contributed by atoms with van der Waals surface area (Å²) in [5.74, 6) is 0. The number of halogens is 2. The van der Waals surface area contributed by atoms with Crippen LogP contribution in [0.4, 0.5) is 0 Å². The second kappa shape index (κ2) is 12.8. The summed E-state index contributed by atoms with van der Waals surface area (Å²) in [6.45, 7) is 4.41. The maximum Gasteiger partial charge on any atom is 4.00 e. The molecule has 6 rings (SSSR count). The number of hydrogen-bond acceptors (Lipinski definition) is 0. The molecule has 0 bridgehead atoms. The Balaban J connectivity index is 0.000000229. The van der Waals surface area contributed by atoms with Gasteiger partial charge in [-0.2, -0.15) is 35.5 Å². The van der Waals surface area contributed by atoms with Crippen molar-refractivity contribution in [3.63, 3.8) is 0 Å². The summed E-state index contributed by atoms with van der Waals surface area (Å²) in [6.07, 6.45) is 1.10. The van der Waals surface area contributed by atoms with E-state index in [1.807, 2.05) is 6.07 Å². The van der Waals surface area contributed by atoms with Crippen LogP contribution in [0.5, 0.6) is 0 Å². The fourth-order valence-corrected chi connectivity index (χ4v) is 5.68. The van der Waals surface area contributed by atoms with E-state index >= 15 is 0 Å². The van der Waals surface area contributed by atoms with E-state index in [1.165, 1.54) is 54.5 Å². The van der Waals surface area contributed by atoms with Crippen molar-refractivity contribution in [1.82, 2.24) is 0 Å². The predicted octanol–water partition coefficient (Wildman–Crippen LogP) is 0.224. The van der Waals surface area contributed by atoms with Gasteiger partial charge in [-0.3, -0.25) is 0 Å². The van der Waals surface area contributed by atoms with Crippen LogP contribution in [0.1, 0.15) is 18.1 Å². The van der Waals surface area contributed by atoms with E-state index in [1.54, 1.807) is 0 Å². The molecule has 166 valence electrons. The van der Waals surface area contributed by atoms with Gasteiger partial charge in [0.15, 0.2) is 0 Å². The van der Waals surface area contributed by atoms with Gasteiger partial charge in [-0.05, 0) is 18.9 Å². The van der Waals surface area contributed by atoms with Crippen LogP contribution >= 0.6 is 0 Å². The summed E-state index contributed by atoms with van der Waals surface area (Å²) in [4.78, 5) is 0. The minimum atomic E-state index is 0. The molecule has 5 aromatic carbocycles. The van der Waals surface area contributed by atoms with Crippen LogP contribution in [0.2, 0.25) is 0 Å². The maximum atomic E-state index is 3.31. The van der Waals surface area contributed by atoms with Crippen molar-refractivity contribution in [2.45, 2.75) is 20.3 Å². The number of aryl methyl sites for hydroxylation is 2. The quantitative estimate of drug-likeness (QED) is 0.205. The molecule has 4 heteroatoms. The molecular weight excluding hydrogens is 551 g/mol. The van der Waals surface area contributed by atoms with Gasteiger partial charge in [0.05, 0.1) is 9.52 Å². The molecule has 1 aliphatic heterocycles. The van der Waals surface area contributed by atoms with Crippen molar-refractivity contribution < 1.29 is 51.0 Å². The first-order chi connectivity index (χ1) is 15.2. The molecular formula is C30H24Cl2SiZr. The van der Waals surface area contributed by atoms with Crippen LogP contribution in [-0.2, 0) is 32.6 Å². The zero-order valence-electron chi connectivity index (χ0n) is 19.2. The Morgan fingerprint density at radius 1 is 0.824 bits per heavy atom. The van der Waals surface area contributed by atoms with Crippen molar-refractivity contribution in [2.75, 3.05) is 0 Å². The molecule has 0 nitrogen and oxygen atoms in total. The molecule has 1 aliphatic rings. The Labute approximate surface area is 236 Å². The van der Waals surface area contributed by atoms with Gasteiger partial charge in [0, 0.05) is 0 Å². The summed E-state index contributed by atoms with van der Waals surface area (Å²) < 4.78 is 0. The van der Waals surface area contributed by atoms with E-state index in [2.05, 4.69) is 111 Å². The molecule has 0 fully saturated rings. The maximum absolute atomic E-state index is 3.31. The summed E-state index contributed by atoms with van der Waals surface area (Å²) in [5, 5.41) is 5.57. The molecule has 0 atom stereocenters. The smallest absolute Gasteiger partial charge is 1.00 e. The number of benzene rings is 4. The van der Waals surface area contributed by atoms with E-state index in [0.29, 0.717) is 0 Å². The van der Waals surface area contributed by atoms with Gasteiger partial charge in [-0.15, -0.1) is 40.1 Å². The SMILES string of the molecule is CCc1cc2c(-c3ccccc3)c(C)ccc2[cH-]1.[Cl-].[Cl-].[Zr+4].[c-]1cccc2c1[Si]c1ccccc1-2. The Bertz CT molecular complexity index is 1320. The first-order valence-electron chi connectivity index (χ1n) is 10.9. The first-order valence-corrected chi connectivity index (χ1v) is 11.9. The second-order valence-electron chi connectivity index (χ2n) is 7.97. The molecule has 0 amide bonds. The molecule has 0 aromatic heterocycles. The van der Waals surface area contributed by atoms with E-state index in [-0.39, 0.29) is 51.0 Å². The second-order valence-corrected chi connectivity index (χ2v) is 9.26. The Morgan fingerprint density at radius 2 is 1.53 bits per heavy atom. The zero-order chi connectivity index (χ0) is 21.2. The molecule has 1 heterocycles. The first kappa shape index (κ1) is 28.4. The van der Waals surface area contributed by atoms with Crippen molar-refractivity contribution in [2.24, 2.45) is 0 Å². The standard InChI is InChI=1S/C18H17.C12H7Si.2ClH.Zr/c1-3-14-11-16-10-9-13(2)18(17(16)12-14)15-7-5-4-6-8-15;1-3-7-11-9(5-1)10-6-2-4-8-12(10)13-11;;;/h4-12H,3H2,1-2H3;1-7H;2*1H;/q2*-1;;;+4/p-2. The van der Waals surface area contributed by atoms with Crippen LogP contribution < -0.4 is 35.2 Å². The fourth-order valence-electron chi connectivity index (χ4n) is 4.37. The van der Waals surface area contributed by atoms with Crippen LogP contribution in [0, 0.1) is 13.0 Å². The molecule has 0 saturated carbocycles. The summed E-state index contributed by atoms with van der Waals surface area (Å²) in [6, 6.07) is 38.0. The Kier molecular flexibility index (Phi) is 10.7. The molecule has 0 unspecified atom stereocenters. The number of rotatable bonds is 2. The molecule has 0 aliphatic carbocycles. The minimum Gasteiger partial charge on any atom is -1.00 e. The van der Waals surface area contributed by atoms with E-state index in [9.17, 15) is 0 Å². The van der Waals surface area contributed by atoms with Crippen molar-refractivity contribution in [3.8, 4) is 22.3 Å². The van der Waals surface area contributed by atoms with Crippen molar-refractivity contribution in [3.05, 3.63) is 114 Å². The van der Waals surface area contributed by atoms with Crippen LogP contribution in [0.25, 0.3) is 33.0 Å². The minimum absolute atomic E-state index is 0. The van der Waals surface area contributed by atoms with E-state index in [4.69, 9.17) is 0 Å². The molecule has 2 radical (unpaired) electrons. The van der Waals surface area contributed by atoms with Gasteiger partial charge in [0.2, 0.25) is 0 Å². The predicted molar refractivity (Wildman–Crippen MR) is 135 cm³/mol. The van der Waals surface area contributed by atoms with Gasteiger partial charge in [0.1, 0.15) is 0 Å². The van der Waals surface area contributed by atoms with Gasteiger partial charge >= 0.3 is 26.2 Å². The topological polar surface area (TPSA) is 0 Å². The molecule has 0 N–H and O–H groups in total. The van der Waals surface area contributed by atoms with Gasteiger partial charge in [-0.1, -0.05) is 83.4 Å². The number of hydrogen-bond donors (Lipinski definition) is 0. The third kappa shape index (κ3) is 5.69. The monoisotopic (exact) mass is 572 g/mol. The Morgan fingerprint density at radius 3 is 2.29 bits per heavy atom. The Hall–Kier alpha value is -1.83. The third-order valence-corrected chi connectivity index (χ3v) is 7.33. The summed E-state index contributed by atoms with van der Waals surface area (Å²) >= 11 is 0. The molecule has 5 aromatic rings. The van der Waals surface area contributed by atoms with Crippen LogP contribution in [0.3, 0.4) is 0 Å². The van der Waals surface area contributed by atoms with Crippen LogP contribution in [0.15, 0.2) is 97.1 Å². The van der Waals surface area contributed by atoms with Crippen molar-refractivity contribution in [1.29, 1.82) is 0 Å².